The molecule has 0 N–H and O–H groups in total. The van der Waals surface area contributed by atoms with E-state index in [1.165, 1.54) is 0 Å². The molecule has 0 atom stereocenters. The summed E-state index contributed by atoms with van der Waals surface area (Å²) >= 11 is 0. The van der Waals surface area contributed by atoms with Gasteiger partial charge in [0, 0.05) is 18.6 Å². The van der Waals surface area contributed by atoms with Gasteiger partial charge in [-0.25, -0.2) is 0 Å². The molecule has 0 aromatic carbocycles. The first-order valence-corrected chi connectivity index (χ1v) is 4.38. The fourth-order valence-corrected chi connectivity index (χ4v) is 0. The molecule has 1 radical (unpaired) electrons. The van der Waals surface area contributed by atoms with Gasteiger partial charge in [0.25, 0.3) is 0 Å². The van der Waals surface area contributed by atoms with Gasteiger partial charge in [0.1, 0.15) is 0 Å². The van der Waals surface area contributed by atoms with E-state index in [0.29, 0.717) is 0 Å². The molecule has 0 heterocycles. The van der Waals surface area contributed by atoms with Crippen molar-refractivity contribution in [2.75, 3.05) is 0 Å². The number of hydrogen-bond donors (Lipinski definition) is 0. The number of hydrogen-bond acceptors (Lipinski definition) is 8. The predicted molar refractivity (Wildman–Crippen MR) is 21.9 cm³/mol. The molecule has 0 rings (SSSR count). The minimum Gasteiger partial charge on any atom is -0.822 e. The van der Waals surface area contributed by atoms with Crippen molar-refractivity contribution in [1.29, 1.82) is 0 Å². The number of rotatable bonds is 0. The molecule has 0 unspecified atom stereocenters. The van der Waals surface area contributed by atoms with Crippen molar-refractivity contribution < 1.29 is 75.9 Å². The standard InChI is InChI=1S/CH4.Li.2H3O4P.V/c;;2*1-5(2,3)4;/h1H4;;2*(H3,1,2,3,4);/q;+1;;;/p-6. The molecular formula is CH4LiO8P2V-5. The average Bonchev–Trinajstić information content (AvgIpc) is 1.12. The van der Waals surface area contributed by atoms with E-state index in [0.717, 1.165) is 0 Å². The molecule has 13 heavy (non-hydrogen) atoms. The number of phosphoric acid groups is 2. The minimum absolute atomic E-state index is 0. The van der Waals surface area contributed by atoms with Crippen LogP contribution in [0.5, 0.6) is 0 Å². The van der Waals surface area contributed by atoms with Gasteiger partial charge in [0.05, 0.1) is 0 Å². The van der Waals surface area contributed by atoms with Gasteiger partial charge in [0.15, 0.2) is 0 Å². The Morgan fingerprint density at radius 2 is 0.692 bits per heavy atom. The monoisotopic (exact) mass is 264 g/mol. The maximum atomic E-state index is 8.55. The van der Waals surface area contributed by atoms with Crippen molar-refractivity contribution >= 4 is 15.6 Å². The average molecular weight is 264 g/mol. The summed E-state index contributed by atoms with van der Waals surface area (Å²) in [6.45, 7) is 0. The summed E-state index contributed by atoms with van der Waals surface area (Å²) in [5, 5.41) is 0. The molecule has 0 amide bonds. The molecule has 0 spiro atoms. The van der Waals surface area contributed by atoms with Crippen LogP contribution >= 0.6 is 15.6 Å². The van der Waals surface area contributed by atoms with Gasteiger partial charge in [-0.05, 0) is 0 Å². The van der Waals surface area contributed by atoms with Crippen molar-refractivity contribution in [3.63, 3.8) is 0 Å². The summed E-state index contributed by atoms with van der Waals surface area (Å²) in [6.07, 6.45) is 0. The Kier molecular flexibility index (Phi) is 25.8. The maximum absolute atomic E-state index is 8.55. The second-order valence-electron chi connectivity index (χ2n) is 0.894. The fourth-order valence-electron chi connectivity index (χ4n) is 0. The molecule has 77 valence electrons. The van der Waals surface area contributed by atoms with Crippen LogP contribution in [0.15, 0.2) is 0 Å². The van der Waals surface area contributed by atoms with E-state index in [1.54, 1.807) is 0 Å². The van der Waals surface area contributed by atoms with Crippen LogP contribution in [0.25, 0.3) is 0 Å². The molecule has 0 aliphatic heterocycles. The molecule has 0 saturated heterocycles. The largest absolute Gasteiger partial charge is 1.00 e. The SMILES string of the molecule is C.O=P([O-])([O-])[O-].O=P([O-])([O-])[O-].[Li+].[V]. The Labute approximate surface area is 98.9 Å². The molecule has 0 saturated carbocycles. The van der Waals surface area contributed by atoms with Crippen LogP contribution in [0.2, 0.25) is 0 Å². The first-order valence-electron chi connectivity index (χ1n) is 1.46. The van der Waals surface area contributed by atoms with Crippen LogP contribution in [-0.4, -0.2) is 0 Å². The second-order valence-corrected chi connectivity index (χ2v) is 2.68. The molecule has 12 heteroatoms. The summed E-state index contributed by atoms with van der Waals surface area (Å²) in [7, 11) is -10.8. The van der Waals surface area contributed by atoms with Crippen molar-refractivity contribution in [2.45, 2.75) is 7.43 Å². The first kappa shape index (κ1) is 29.3. The predicted octanol–water partition coefficient (Wildman–Crippen LogP) is -8.01. The van der Waals surface area contributed by atoms with E-state index in [4.69, 9.17) is 38.5 Å². The van der Waals surface area contributed by atoms with Crippen LogP contribution in [0.4, 0.5) is 0 Å². The van der Waals surface area contributed by atoms with Gasteiger partial charge >= 0.3 is 18.9 Å². The van der Waals surface area contributed by atoms with Crippen LogP contribution in [0.1, 0.15) is 7.43 Å². The quantitative estimate of drug-likeness (QED) is 0.306. The van der Waals surface area contributed by atoms with Crippen LogP contribution < -0.4 is 48.2 Å². The van der Waals surface area contributed by atoms with Gasteiger partial charge in [-0.2, -0.15) is 15.6 Å². The maximum Gasteiger partial charge on any atom is 1.00 e. The van der Waals surface area contributed by atoms with Crippen molar-refractivity contribution in [2.24, 2.45) is 0 Å². The van der Waals surface area contributed by atoms with Gasteiger partial charge in [0.2, 0.25) is 0 Å². The van der Waals surface area contributed by atoms with Crippen LogP contribution in [0, 0.1) is 0 Å². The Morgan fingerprint density at radius 1 is 0.692 bits per heavy atom. The molecule has 0 aliphatic carbocycles. The molecule has 8 nitrogen and oxygen atoms in total. The van der Waals surface area contributed by atoms with Gasteiger partial charge in [-0.3, -0.25) is 0 Å². The summed E-state index contributed by atoms with van der Waals surface area (Å²) in [4.78, 5) is 51.3. The Hall–Kier alpha value is 1.40. The van der Waals surface area contributed by atoms with E-state index in [-0.39, 0.29) is 44.8 Å². The van der Waals surface area contributed by atoms with E-state index in [2.05, 4.69) is 0 Å². The zero-order valence-corrected chi connectivity index (χ0v) is 8.79. The van der Waals surface area contributed by atoms with E-state index >= 15 is 0 Å². The summed E-state index contributed by atoms with van der Waals surface area (Å²) in [5.41, 5.74) is 0. The third-order valence-electron chi connectivity index (χ3n) is 0. The van der Waals surface area contributed by atoms with Gasteiger partial charge in [-0.15, -0.1) is 0 Å². The normalized spacial score (nSPS) is 9.08. The molecule has 0 fully saturated rings. The first-order chi connectivity index (χ1) is 4.00. The molecule has 0 aliphatic rings. The Bertz CT molecular complexity index is 134. The Morgan fingerprint density at radius 3 is 0.692 bits per heavy atom. The summed E-state index contributed by atoms with van der Waals surface area (Å²) in [6, 6.07) is 0. The second kappa shape index (κ2) is 11.5. The zero-order valence-electron chi connectivity index (χ0n) is 5.61. The van der Waals surface area contributed by atoms with Crippen molar-refractivity contribution in [3.05, 3.63) is 0 Å². The van der Waals surface area contributed by atoms with Crippen molar-refractivity contribution in [3.8, 4) is 0 Å². The zero-order chi connectivity index (χ0) is 9.00. The third-order valence-corrected chi connectivity index (χ3v) is 0. The van der Waals surface area contributed by atoms with Crippen molar-refractivity contribution in [1.82, 2.24) is 0 Å². The van der Waals surface area contributed by atoms with Crippen LogP contribution in [-0.2, 0) is 27.7 Å². The molecule has 0 aromatic rings. The summed E-state index contributed by atoms with van der Waals surface area (Å²) in [5.74, 6) is 0. The van der Waals surface area contributed by atoms with Gasteiger partial charge < -0.3 is 38.5 Å². The molecular weight excluding hydrogens is 260 g/mol. The fraction of sp³-hybridized carbons (Fsp3) is 1.00. The minimum atomic E-state index is -5.39. The molecule has 0 bridgehead atoms. The van der Waals surface area contributed by atoms with E-state index in [9.17, 15) is 0 Å². The van der Waals surface area contributed by atoms with Gasteiger partial charge in [-0.1, -0.05) is 7.43 Å². The smallest absolute Gasteiger partial charge is 0.822 e. The Balaban J connectivity index is -0.0000000267. The molecule has 0 aromatic heterocycles. The van der Waals surface area contributed by atoms with E-state index < -0.39 is 15.6 Å². The summed E-state index contributed by atoms with van der Waals surface area (Å²) < 4.78 is 17.1. The van der Waals surface area contributed by atoms with Crippen LogP contribution in [0.3, 0.4) is 0 Å². The topological polar surface area (TPSA) is 172 Å². The third kappa shape index (κ3) is 887. The van der Waals surface area contributed by atoms with E-state index in [1.807, 2.05) is 0 Å².